The molecule has 0 spiro atoms. The predicted molar refractivity (Wildman–Crippen MR) is 75.6 cm³/mol. The SMILES string of the molecule is CCCNC(c1cccc(C)c1)c1cccs1. The van der Waals surface area contributed by atoms with Gasteiger partial charge in [-0.1, -0.05) is 42.8 Å². The topological polar surface area (TPSA) is 12.0 Å². The van der Waals surface area contributed by atoms with Crippen molar-refractivity contribution in [2.75, 3.05) is 6.54 Å². The number of rotatable bonds is 5. The Hall–Kier alpha value is -1.12. The van der Waals surface area contributed by atoms with Crippen LogP contribution in [0.3, 0.4) is 0 Å². The highest BCUT2D eigenvalue weighted by Gasteiger charge is 2.13. The monoisotopic (exact) mass is 245 g/mol. The van der Waals surface area contributed by atoms with Gasteiger partial charge in [-0.25, -0.2) is 0 Å². The second-order valence-corrected chi connectivity index (χ2v) is 5.30. The molecule has 0 amide bonds. The van der Waals surface area contributed by atoms with Gasteiger partial charge in [0.2, 0.25) is 0 Å². The van der Waals surface area contributed by atoms with E-state index in [2.05, 4.69) is 60.9 Å². The van der Waals surface area contributed by atoms with Crippen molar-refractivity contribution in [2.45, 2.75) is 26.3 Å². The summed E-state index contributed by atoms with van der Waals surface area (Å²) in [5, 5.41) is 5.77. The second kappa shape index (κ2) is 5.99. The third kappa shape index (κ3) is 3.18. The predicted octanol–water partition coefficient (Wildman–Crippen LogP) is 4.15. The van der Waals surface area contributed by atoms with Gasteiger partial charge in [-0.15, -0.1) is 11.3 Å². The first-order valence-electron chi connectivity index (χ1n) is 6.14. The molecule has 2 aromatic rings. The van der Waals surface area contributed by atoms with Crippen molar-refractivity contribution in [2.24, 2.45) is 0 Å². The van der Waals surface area contributed by atoms with E-state index >= 15 is 0 Å². The van der Waals surface area contributed by atoms with Gasteiger partial charge >= 0.3 is 0 Å². The molecule has 0 radical (unpaired) electrons. The van der Waals surface area contributed by atoms with E-state index in [0.717, 1.165) is 13.0 Å². The number of hydrogen-bond donors (Lipinski definition) is 1. The zero-order chi connectivity index (χ0) is 12.1. The number of thiophene rings is 1. The van der Waals surface area contributed by atoms with Crippen LogP contribution in [0.5, 0.6) is 0 Å². The molecule has 2 heteroatoms. The van der Waals surface area contributed by atoms with Crippen LogP contribution in [0, 0.1) is 6.92 Å². The van der Waals surface area contributed by atoms with Gasteiger partial charge < -0.3 is 5.32 Å². The maximum absolute atomic E-state index is 3.63. The van der Waals surface area contributed by atoms with Crippen molar-refractivity contribution in [3.05, 3.63) is 57.8 Å². The fourth-order valence-electron chi connectivity index (χ4n) is 1.98. The lowest BCUT2D eigenvalue weighted by Gasteiger charge is -2.18. The second-order valence-electron chi connectivity index (χ2n) is 4.32. The molecule has 0 aliphatic rings. The first-order chi connectivity index (χ1) is 8.31. The number of nitrogens with one attached hydrogen (secondary N) is 1. The normalized spacial score (nSPS) is 12.6. The van der Waals surface area contributed by atoms with E-state index < -0.39 is 0 Å². The lowest BCUT2D eigenvalue weighted by Crippen LogP contribution is -2.22. The summed E-state index contributed by atoms with van der Waals surface area (Å²) in [6.45, 7) is 5.40. The van der Waals surface area contributed by atoms with E-state index in [9.17, 15) is 0 Å². The van der Waals surface area contributed by atoms with Crippen molar-refractivity contribution >= 4 is 11.3 Å². The average Bonchev–Trinajstić information content (AvgIpc) is 2.83. The van der Waals surface area contributed by atoms with Gasteiger partial charge in [-0.05, 0) is 36.9 Å². The molecule has 0 saturated heterocycles. The molecule has 17 heavy (non-hydrogen) atoms. The van der Waals surface area contributed by atoms with E-state index in [4.69, 9.17) is 0 Å². The van der Waals surface area contributed by atoms with E-state index in [-0.39, 0.29) is 0 Å². The summed E-state index contributed by atoms with van der Waals surface area (Å²) in [4.78, 5) is 1.39. The Balaban J connectivity index is 2.27. The van der Waals surface area contributed by atoms with Crippen LogP contribution in [0.15, 0.2) is 41.8 Å². The largest absolute Gasteiger partial charge is 0.306 e. The molecule has 1 N–H and O–H groups in total. The Kier molecular flexibility index (Phi) is 4.35. The van der Waals surface area contributed by atoms with Gasteiger partial charge in [0.1, 0.15) is 0 Å². The molecular weight excluding hydrogens is 226 g/mol. The lowest BCUT2D eigenvalue weighted by atomic mass is 10.0. The lowest BCUT2D eigenvalue weighted by molar-refractivity contribution is 0.605. The van der Waals surface area contributed by atoms with Gasteiger partial charge in [0.25, 0.3) is 0 Å². The van der Waals surface area contributed by atoms with Crippen molar-refractivity contribution in [3.63, 3.8) is 0 Å². The highest BCUT2D eigenvalue weighted by Crippen LogP contribution is 2.26. The fourth-order valence-corrected chi connectivity index (χ4v) is 2.80. The van der Waals surface area contributed by atoms with Crippen molar-refractivity contribution in [3.8, 4) is 0 Å². The maximum atomic E-state index is 3.63. The minimum atomic E-state index is 0.342. The van der Waals surface area contributed by atoms with Gasteiger partial charge in [0.15, 0.2) is 0 Å². The van der Waals surface area contributed by atoms with Crippen molar-refractivity contribution < 1.29 is 0 Å². The third-order valence-corrected chi connectivity index (χ3v) is 3.74. The molecule has 0 saturated carbocycles. The van der Waals surface area contributed by atoms with Crippen LogP contribution >= 0.6 is 11.3 Å². The molecule has 0 aliphatic carbocycles. The van der Waals surface area contributed by atoms with Crippen LogP contribution in [0.25, 0.3) is 0 Å². The van der Waals surface area contributed by atoms with E-state index in [0.29, 0.717) is 6.04 Å². The molecule has 2 rings (SSSR count). The minimum Gasteiger partial charge on any atom is -0.306 e. The van der Waals surface area contributed by atoms with Gasteiger partial charge in [0.05, 0.1) is 6.04 Å². The first kappa shape index (κ1) is 12.3. The number of hydrogen-bond acceptors (Lipinski definition) is 2. The summed E-state index contributed by atoms with van der Waals surface area (Å²) in [6.07, 6.45) is 1.16. The summed E-state index contributed by atoms with van der Waals surface area (Å²) < 4.78 is 0. The van der Waals surface area contributed by atoms with Crippen LogP contribution in [-0.2, 0) is 0 Å². The molecule has 1 nitrogen and oxygen atoms in total. The third-order valence-electron chi connectivity index (χ3n) is 2.80. The minimum absolute atomic E-state index is 0.342. The Bertz CT molecular complexity index is 448. The maximum Gasteiger partial charge on any atom is 0.0671 e. The van der Waals surface area contributed by atoms with Crippen LogP contribution in [0.2, 0.25) is 0 Å². The number of aryl methyl sites for hydroxylation is 1. The van der Waals surface area contributed by atoms with Gasteiger partial charge in [-0.3, -0.25) is 0 Å². The Morgan fingerprint density at radius 1 is 1.24 bits per heavy atom. The zero-order valence-electron chi connectivity index (χ0n) is 10.4. The highest BCUT2D eigenvalue weighted by atomic mass is 32.1. The molecule has 0 aliphatic heterocycles. The molecular formula is C15H19NS. The van der Waals surface area contributed by atoms with Crippen LogP contribution in [0.1, 0.15) is 35.4 Å². The molecule has 1 aromatic heterocycles. The fraction of sp³-hybridized carbons (Fsp3) is 0.333. The van der Waals surface area contributed by atoms with Gasteiger partial charge in [0, 0.05) is 4.88 Å². The van der Waals surface area contributed by atoms with Crippen LogP contribution < -0.4 is 5.32 Å². The molecule has 0 fully saturated rings. The summed E-state index contributed by atoms with van der Waals surface area (Å²) >= 11 is 1.82. The standard InChI is InChI=1S/C15H19NS/c1-3-9-16-15(14-8-5-10-17-14)13-7-4-6-12(2)11-13/h4-8,10-11,15-16H,3,9H2,1-2H3. The van der Waals surface area contributed by atoms with Crippen molar-refractivity contribution in [1.82, 2.24) is 5.32 Å². The number of benzene rings is 1. The molecule has 1 unspecified atom stereocenters. The van der Waals surface area contributed by atoms with Crippen LogP contribution in [-0.4, -0.2) is 6.54 Å². The summed E-state index contributed by atoms with van der Waals surface area (Å²) in [6, 6.07) is 13.4. The molecule has 1 aromatic carbocycles. The summed E-state index contributed by atoms with van der Waals surface area (Å²) in [5.41, 5.74) is 2.68. The Morgan fingerprint density at radius 3 is 2.76 bits per heavy atom. The van der Waals surface area contributed by atoms with Crippen molar-refractivity contribution in [1.29, 1.82) is 0 Å². The highest BCUT2D eigenvalue weighted by molar-refractivity contribution is 7.10. The van der Waals surface area contributed by atoms with Gasteiger partial charge in [-0.2, -0.15) is 0 Å². The molecule has 1 heterocycles. The van der Waals surface area contributed by atoms with E-state index in [1.165, 1.54) is 16.0 Å². The smallest absolute Gasteiger partial charge is 0.0671 e. The Morgan fingerprint density at radius 2 is 2.12 bits per heavy atom. The summed E-state index contributed by atoms with van der Waals surface area (Å²) in [5.74, 6) is 0. The van der Waals surface area contributed by atoms with E-state index in [1.807, 2.05) is 11.3 Å². The molecule has 0 bridgehead atoms. The molecule has 1 atom stereocenters. The van der Waals surface area contributed by atoms with Crippen LogP contribution in [0.4, 0.5) is 0 Å². The zero-order valence-corrected chi connectivity index (χ0v) is 11.3. The summed E-state index contributed by atoms with van der Waals surface area (Å²) in [7, 11) is 0. The first-order valence-corrected chi connectivity index (χ1v) is 7.02. The quantitative estimate of drug-likeness (QED) is 0.834. The molecule has 90 valence electrons. The Labute approximate surface area is 108 Å². The van der Waals surface area contributed by atoms with E-state index in [1.54, 1.807) is 0 Å². The average molecular weight is 245 g/mol.